The molecule has 3 rings (SSSR count). The zero-order valence-corrected chi connectivity index (χ0v) is 14.7. The van der Waals surface area contributed by atoms with E-state index in [1.807, 2.05) is 0 Å². The molecule has 2 atom stereocenters. The van der Waals surface area contributed by atoms with Crippen LogP contribution < -0.4 is 10.6 Å². The summed E-state index contributed by atoms with van der Waals surface area (Å²) in [7, 11) is 0. The standard InChI is InChI=1S/C19H30N4O/c1-2-20-19(21-9-6-10-23-11-13-24-14-12-23)22-18-15-17(18)16-7-4-3-5-8-16/h3-5,7-8,17-18H,2,6,9-15H2,1H3,(H2,20,21,22). The van der Waals surface area contributed by atoms with Crippen molar-refractivity contribution in [2.45, 2.75) is 31.7 Å². The Kier molecular flexibility index (Phi) is 6.49. The Hall–Kier alpha value is -1.59. The van der Waals surface area contributed by atoms with Crippen molar-refractivity contribution in [1.82, 2.24) is 15.5 Å². The molecule has 1 aromatic carbocycles. The van der Waals surface area contributed by atoms with Crippen LogP contribution in [0, 0.1) is 0 Å². The molecule has 0 amide bonds. The molecule has 2 N–H and O–H groups in total. The lowest BCUT2D eigenvalue weighted by molar-refractivity contribution is 0.0377. The van der Waals surface area contributed by atoms with Crippen molar-refractivity contribution < 1.29 is 4.74 Å². The van der Waals surface area contributed by atoms with E-state index in [1.54, 1.807) is 0 Å². The molecule has 2 unspecified atom stereocenters. The number of nitrogens with one attached hydrogen (secondary N) is 2. The smallest absolute Gasteiger partial charge is 0.191 e. The van der Waals surface area contributed by atoms with Gasteiger partial charge in [-0.15, -0.1) is 0 Å². The molecule has 1 saturated carbocycles. The van der Waals surface area contributed by atoms with Crippen molar-refractivity contribution in [1.29, 1.82) is 0 Å². The highest BCUT2D eigenvalue weighted by molar-refractivity contribution is 5.80. The molecule has 2 aliphatic rings. The quantitative estimate of drug-likeness (QED) is 0.455. The van der Waals surface area contributed by atoms with Gasteiger partial charge < -0.3 is 15.4 Å². The van der Waals surface area contributed by atoms with Gasteiger partial charge in [-0.1, -0.05) is 30.3 Å². The topological polar surface area (TPSA) is 48.9 Å². The number of ether oxygens (including phenoxy) is 1. The molecule has 2 fully saturated rings. The van der Waals surface area contributed by atoms with Gasteiger partial charge in [0.1, 0.15) is 0 Å². The van der Waals surface area contributed by atoms with Crippen LogP contribution >= 0.6 is 0 Å². The van der Waals surface area contributed by atoms with Crippen molar-refractivity contribution in [2.24, 2.45) is 4.99 Å². The Labute approximate surface area is 145 Å². The Balaban J connectivity index is 1.41. The maximum absolute atomic E-state index is 5.38. The molecule has 1 saturated heterocycles. The van der Waals surface area contributed by atoms with Crippen LogP contribution in [-0.2, 0) is 4.74 Å². The minimum absolute atomic E-state index is 0.518. The van der Waals surface area contributed by atoms with Crippen LogP contribution in [0.2, 0.25) is 0 Å². The predicted molar refractivity (Wildman–Crippen MR) is 98.6 cm³/mol. The number of rotatable bonds is 7. The van der Waals surface area contributed by atoms with Crippen LogP contribution in [0.5, 0.6) is 0 Å². The third-order valence-electron chi connectivity index (χ3n) is 4.69. The maximum atomic E-state index is 5.38. The highest BCUT2D eigenvalue weighted by Crippen LogP contribution is 2.40. The lowest BCUT2D eigenvalue weighted by Gasteiger charge is -2.26. The molecule has 1 aliphatic carbocycles. The molecule has 1 heterocycles. The van der Waals surface area contributed by atoms with Crippen LogP contribution in [0.15, 0.2) is 35.3 Å². The largest absolute Gasteiger partial charge is 0.379 e. The second kappa shape index (κ2) is 9.04. The summed E-state index contributed by atoms with van der Waals surface area (Å²) in [5.41, 5.74) is 1.43. The third kappa shape index (κ3) is 5.21. The van der Waals surface area contributed by atoms with Crippen molar-refractivity contribution in [3.05, 3.63) is 35.9 Å². The fourth-order valence-electron chi connectivity index (χ4n) is 3.23. The molecular weight excluding hydrogens is 300 g/mol. The summed E-state index contributed by atoms with van der Waals surface area (Å²) in [6, 6.07) is 11.3. The maximum Gasteiger partial charge on any atom is 0.191 e. The Bertz CT molecular complexity index is 513. The number of benzene rings is 1. The molecular formula is C19H30N4O. The van der Waals surface area contributed by atoms with Crippen LogP contribution in [0.3, 0.4) is 0 Å². The monoisotopic (exact) mass is 330 g/mol. The summed E-state index contributed by atoms with van der Waals surface area (Å²) >= 11 is 0. The van der Waals surface area contributed by atoms with E-state index in [2.05, 4.69) is 52.8 Å². The molecule has 0 bridgehead atoms. The first-order valence-electron chi connectivity index (χ1n) is 9.26. The van der Waals surface area contributed by atoms with E-state index in [1.165, 1.54) is 12.0 Å². The molecule has 5 heteroatoms. The van der Waals surface area contributed by atoms with Gasteiger partial charge in [0.15, 0.2) is 5.96 Å². The van der Waals surface area contributed by atoms with Crippen molar-refractivity contribution in [2.75, 3.05) is 45.9 Å². The number of guanidine groups is 1. The highest BCUT2D eigenvalue weighted by Gasteiger charge is 2.38. The number of hydrogen-bond donors (Lipinski definition) is 2. The summed E-state index contributed by atoms with van der Waals surface area (Å²) in [5.74, 6) is 1.59. The van der Waals surface area contributed by atoms with Crippen molar-refractivity contribution in [3.8, 4) is 0 Å². The van der Waals surface area contributed by atoms with Gasteiger partial charge in [-0.3, -0.25) is 9.89 Å². The van der Waals surface area contributed by atoms with Gasteiger partial charge in [0.25, 0.3) is 0 Å². The summed E-state index contributed by atoms with van der Waals surface area (Å²) in [4.78, 5) is 7.21. The predicted octanol–water partition coefficient (Wildman–Crippen LogP) is 1.82. The second-order valence-electron chi connectivity index (χ2n) is 6.57. The van der Waals surface area contributed by atoms with E-state index in [0.717, 1.165) is 58.3 Å². The number of nitrogens with zero attached hydrogens (tertiary/aromatic N) is 2. The molecule has 0 spiro atoms. The summed E-state index contributed by atoms with van der Waals surface area (Å²) < 4.78 is 5.38. The highest BCUT2D eigenvalue weighted by atomic mass is 16.5. The molecule has 132 valence electrons. The minimum atomic E-state index is 0.518. The molecule has 1 aromatic rings. The van der Waals surface area contributed by atoms with Gasteiger partial charge in [-0.2, -0.15) is 0 Å². The van der Waals surface area contributed by atoms with Crippen molar-refractivity contribution in [3.63, 3.8) is 0 Å². The average Bonchev–Trinajstić information content (AvgIpc) is 3.40. The number of morpholine rings is 1. The molecule has 24 heavy (non-hydrogen) atoms. The zero-order chi connectivity index (χ0) is 16.6. The van der Waals surface area contributed by atoms with Crippen LogP contribution in [0.1, 0.15) is 31.2 Å². The lowest BCUT2D eigenvalue weighted by Crippen LogP contribution is -2.39. The van der Waals surface area contributed by atoms with E-state index in [9.17, 15) is 0 Å². The first-order chi connectivity index (χ1) is 11.9. The van der Waals surface area contributed by atoms with E-state index in [-0.39, 0.29) is 0 Å². The summed E-state index contributed by atoms with van der Waals surface area (Å²) in [5, 5.41) is 6.95. The van der Waals surface area contributed by atoms with Gasteiger partial charge >= 0.3 is 0 Å². The Morgan fingerprint density at radius 1 is 1.25 bits per heavy atom. The Morgan fingerprint density at radius 2 is 2.04 bits per heavy atom. The van der Waals surface area contributed by atoms with Gasteiger partial charge in [0.05, 0.1) is 13.2 Å². The normalized spacial score (nSPS) is 24.6. The fraction of sp³-hybridized carbons (Fsp3) is 0.632. The van der Waals surface area contributed by atoms with Gasteiger partial charge in [-0.05, 0) is 25.3 Å². The summed E-state index contributed by atoms with van der Waals surface area (Å²) in [6.07, 6.45) is 2.30. The molecule has 5 nitrogen and oxygen atoms in total. The number of aliphatic imine (C=N–C) groups is 1. The molecule has 1 aliphatic heterocycles. The Morgan fingerprint density at radius 3 is 2.79 bits per heavy atom. The van der Waals surface area contributed by atoms with Gasteiger partial charge in [-0.25, -0.2) is 0 Å². The number of hydrogen-bond acceptors (Lipinski definition) is 3. The van der Waals surface area contributed by atoms with E-state index < -0.39 is 0 Å². The van der Waals surface area contributed by atoms with Crippen LogP contribution in [-0.4, -0.2) is 62.8 Å². The van der Waals surface area contributed by atoms with Crippen LogP contribution in [0.4, 0.5) is 0 Å². The van der Waals surface area contributed by atoms with E-state index in [0.29, 0.717) is 12.0 Å². The second-order valence-corrected chi connectivity index (χ2v) is 6.57. The van der Waals surface area contributed by atoms with Gasteiger partial charge in [0, 0.05) is 44.7 Å². The first kappa shape index (κ1) is 17.2. The molecule has 0 radical (unpaired) electrons. The lowest BCUT2D eigenvalue weighted by atomic mass is 10.1. The zero-order valence-electron chi connectivity index (χ0n) is 14.7. The minimum Gasteiger partial charge on any atom is -0.379 e. The van der Waals surface area contributed by atoms with Gasteiger partial charge in [0.2, 0.25) is 0 Å². The fourth-order valence-corrected chi connectivity index (χ4v) is 3.23. The average molecular weight is 330 g/mol. The first-order valence-corrected chi connectivity index (χ1v) is 9.26. The van der Waals surface area contributed by atoms with E-state index >= 15 is 0 Å². The SMILES string of the molecule is CCNC(=NCCCN1CCOCC1)NC1CC1c1ccccc1. The van der Waals surface area contributed by atoms with E-state index in [4.69, 9.17) is 9.73 Å². The van der Waals surface area contributed by atoms with Crippen LogP contribution in [0.25, 0.3) is 0 Å². The van der Waals surface area contributed by atoms with Crippen molar-refractivity contribution >= 4 is 5.96 Å². The molecule has 0 aromatic heterocycles. The third-order valence-corrected chi connectivity index (χ3v) is 4.69. The summed E-state index contributed by atoms with van der Waals surface area (Å²) in [6.45, 7) is 8.86.